The molecule has 0 heterocycles. The number of nitrogens with one attached hydrogen (secondary N) is 1. The standard InChI is InChI=1S/C29H34N2O3/c1-4-17-30-29(33)27(19-23-10-6-5-7-11-23)31(21-25-12-8-9-22(2)18-25)28(32)20-24-13-15-26(34-3)16-14-24/h5-16,18,27H,4,17,19-21H2,1-3H3,(H,30,33)/t27-/m0/s1. The highest BCUT2D eigenvalue weighted by Gasteiger charge is 2.30. The van der Waals surface area contributed by atoms with E-state index < -0.39 is 6.04 Å². The third-order valence-corrected chi connectivity index (χ3v) is 5.77. The lowest BCUT2D eigenvalue weighted by molar-refractivity contribution is -0.140. The molecule has 0 unspecified atom stereocenters. The van der Waals surface area contributed by atoms with Crippen LogP contribution < -0.4 is 10.1 Å². The van der Waals surface area contributed by atoms with Gasteiger partial charge in [0.2, 0.25) is 11.8 Å². The highest BCUT2D eigenvalue weighted by atomic mass is 16.5. The van der Waals surface area contributed by atoms with Crippen LogP contribution in [0.15, 0.2) is 78.9 Å². The Morgan fingerprint density at radius 1 is 0.912 bits per heavy atom. The average Bonchev–Trinajstić information content (AvgIpc) is 2.85. The summed E-state index contributed by atoms with van der Waals surface area (Å²) in [4.78, 5) is 28.7. The van der Waals surface area contributed by atoms with E-state index in [4.69, 9.17) is 4.74 Å². The van der Waals surface area contributed by atoms with Gasteiger partial charge in [0.25, 0.3) is 0 Å². The number of aryl methyl sites for hydroxylation is 1. The highest BCUT2D eigenvalue weighted by Crippen LogP contribution is 2.18. The van der Waals surface area contributed by atoms with Crippen LogP contribution in [0.25, 0.3) is 0 Å². The quantitative estimate of drug-likeness (QED) is 0.453. The minimum atomic E-state index is -0.611. The molecule has 0 radical (unpaired) electrons. The number of hydrogen-bond donors (Lipinski definition) is 1. The number of ether oxygens (including phenoxy) is 1. The van der Waals surface area contributed by atoms with Crippen molar-refractivity contribution in [3.8, 4) is 5.75 Å². The molecular weight excluding hydrogens is 424 g/mol. The molecule has 34 heavy (non-hydrogen) atoms. The minimum Gasteiger partial charge on any atom is -0.497 e. The van der Waals surface area contributed by atoms with Gasteiger partial charge in [0, 0.05) is 19.5 Å². The highest BCUT2D eigenvalue weighted by molar-refractivity contribution is 5.88. The lowest BCUT2D eigenvalue weighted by atomic mass is 10.0. The van der Waals surface area contributed by atoms with E-state index in [1.54, 1.807) is 12.0 Å². The van der Waals surface area contributed by atoms with Crippen LogP contribution in [0.3, 0.4) is 0 Å². The van der Waals surface area contributed by atoms with Crippen LogP contribution in [0.4, 0.5) is 0 Å². The van der Waals surface area contributed by atoms with Gasteiger partial charge in [0.15, 0.2) is 0 Å². The smallest absolute Gasteiger partial charge is 0.243 e. The zero-order valence-electron chi connectivity index (χ0n) is 20.3. The molecule has 0 saturated heterocycles. The van der Waals surface area contributed by atoms with Crippen LogP contribution in [-0.2, 0) is 29.0 Å². The molecule has 1 atom stereocenters. The van der Waals surface area contributed by atoms with E-state index in [2.05, 4.69) is 11.4 Å². The van der Waals surface area contributed by atoms with Crippen LogP contribution >= 0.6 is 0 Å². The Morgan fingerprint density at radius 3 is 2.26 bits per heavy atom. The molecule has 0 fully saturated rings. The van der Waals surface area contributed by atoms with Crippen molar-refractivity contribution in [2.75, 3.05) is 13.7 Å². The number of rotatable bonds is 11. The summed E-state index contributed by atoms with van der Waals surface area (Å²) in [5, 5.41) is 3.01. The van der Waals surface area contributed by atoms with Crippen LogP contribution in [-0.4, -0.2) is 36.4 Å². The summed E-state index contributed by atoms with van der Waals surface area (Å²) in [6.45, 7) is 5.00. The fourth-order valence-electron chi connectivity index (χ4n) is 3.95. The van der Waals surface area contributed by atoms with Crippen LogP contribution in [0.5, 0.6) is 5.75 Å². The second-order valence-electron chi connectivity index (χ2n) is 8.53. The van der Waals surface area contributed by atoms with Gasteiger partial charge in [-0.25, -0.2) is 0 Å². The van der Waals surface area contributed by atoms with E-state index in [0.29, 0.717) is 19.5 Å². The lowest BCUT2D eigenvalue weighted by Gasteiger charge is -2.32. The van der Waals surface area contributed by atoms with Gasteiger partial charge in [-0.05, 0) is 42.2 Å². The Bertz CT molecular complexity index is 1060. The molecule has 3 aromatic carbocycles. The summed E-state index contributed by atoms with van der Waals surface area (Å²) < 4.78 is 5.24. The Balaban J connectivity index is 1.93. The summed E-state index contributed by atoms with van der Waals surface area (Å²) in [5.74, 6) is 0.536. The second-order valence-corrected chi connectivity index (χ2v) is 8.53. The summed E-state index contributed by atoms with van der Waals surface area (Å²) in [6.07, 6.45) is 1.50. The summed E-state index contributed by atoms with van der Waals surface area (Å²) in [5.41, 5.74) is 4.03. The van der Waals surface area contributed by atoms with E-state index in [-0.39, 0.29) is 18.2 Å². The zero-order chi connectivity index (χ0) is 24.3. The minimum absolute atomic E-state index is 0.0840. The van der Waals surface area contributed by atoms with Crippen LogP contribution in [0.2, 0.25) is 0 Å². The molecule has 0 spiro atoms. The maximum atomic E-state index is 13.7. The predicted molar refractivity (Wildman–Crippen MR) is 136 cm³/mol. The summed E-state index contributed by atoms with van der Waals surface area (Å²) in [6, 6.07) is 24.8. The van der Waals surface area contributed by atoms with Gasteiger partial charge in [-0.1, -0.05) is 79.2 Å². The third-order valence-electron chi connectivity index (χ3n) is 5.77. The average molecular weight is 459 g/mol. The molecule has 0 aliphatic carbocycles. The topological polar surface area (TPSA) is 58.6 Å². The maximum Gasteiger partial charge on any atom is 0.243 e. The molecule has 0 aliphatic rings. The van der Waals surface area contributed by atoms with Gasteiger partial charge in [-0.2, -0.15) is 0 Å². The van der Waals surface area contributed by atoms with Gasteiger partial charge in [-0.3, -0.25) is 9.59 Å². The third kappa shape index (κ3) is 7.20. The number of methoxy groups -OCH3 is 1. The normalized spacial score (nSPS) is 11.5. The first kappa shape index (κ1) is 25.0. The van der Waals surface area contributed by atoms with Crippen molar-refractivity contribution >= 4 is 11.8 Å². The molecule has 3 rings (SSSR count). The number of nitrogens with zero attached hydrogens (tertiary/aromatic N) is 1. The van der Waals surface area contributed by atoms with Gasteiger partial charge in [-0.15, -0.1) is 0 Å². The van der Waals surface area contributed by atoms with Crippen molar-refractivity contribution < 1.29 is 14.3 Å². The van der Waals surface area contributed by atoms with Crippen molar-refractivity contribution in [1.82, 2.24) is 10.2 Å². The van der Waals surface area contributed by atoms with E-state index in [1.807, 2.05) is 86.6 Å². The van der Waals surface area contributed by atoms with Gasteiger partial charge in [0.1, 0.15) is 11.8 Å². The SMILES string of the molecule is CCCNC(=O)[C@H](Cc1ccccc1)N(Cc1cccc(C)c1)C(=O)Cc1ccc(OC)cc1. The molecule has 0 bridgehead atoms. The molecular formula is C29H34N2O3. The van der Waals surface area contributed by atoms with E-state index in [1.165, 1.54) is 0 Å². The first-order valence-electron chi connectivity index (χ1n) is 11.8. The number of hydrogen-bond acceptors (Lipinski definition) is 3. The second kappa shape index (κ2) is 12.6. The first-order chi connectivity index (χ1) is 16.5. The molecule has 178 valence electrons. The monoisotopic (exact) mass is 458 g/mol. The molecule has 0 aliphatic heterocycles. The molecule has 5 nitrogen and oxygen atoms in total. The van der Waals surface area contributed by atoms with Crippen molar-refractivity contribution in [3.05, 3.63) is 101 Å². The largest absolute Gasteiger partial charge is 0.497 e. The maximum absolute atomic E-state index is 13.7. The molecule has 5 heteroatoms. The number of carbonyl (C=O) groups excluding carboxylic acids is 2. The van der Waals surface area contributed by atoms with Gasteiger partial charge >= 0.3 is 0 Å². The zero-order valence-corrected chi connectivity index (χ0v) is 20.3. The van der Waals surface area contributed by atoms with Gasteiger partial charge < -0.3 is 15.0 Å². The van der Waals surface area contributed by atoms with Crippen LogP contribution in [0.1, 0.15) is 35.6 Å². The van der Waals surface area contributed by atoms with E-state index >= 15 is 0 Å². The number of benzene rings is 3. The predicted octanol–water partition coefficient (Wildman–Crippen LogP) is 4.71. The molecule has 3 aromatic rings. The van der Waals surface area contributed by atoms with Crippen molar-refractivity contribution in [3.63, 3.8) is 0 Å². The summed E-state index contributed by atoms with van der Waals surface area (Å²) >= 11 is 0. The van der Waals surface area contributed by atoms with E-state index in [9.17, 15) is 9.59 Å². The van der Waals surface area contributed by atoms with Gasteiger partial charge in [0.05, 0.1) is 13.5 Å². The Kier molecular flexibility index (Phi) is 9.27. The molecule has 0 saturated carbocycles. The van der Waals surface area contributed by atoms with Crippen molar-refractivity contribution in [2.24, 2.45) is 0 Å². The first-order valence-corrected chi connectivity index (χ1v) is 11.8. The van der Waals surface area contributed by atoms with Crippen molar-refractivity contribution in [2.45, 2.75) is 45.7 Å². The summed E-state index contributed by atoms with van der Waals surface area (Å²) in [7, 11) is 1.62. The fourth-order valence-corrected chi connectivity index (χ4v) is 3.95. The fraction of sp³-hybridized carbons (Fsp3) is 0.310. The number of carbonyl (C=O) groups is 2. The Labute approximate surface area is 202 Å². The molecule has 2 amide bonds. The Morgan fingerprint density at radius 2 is 1.62 bits per heavy atom. The Hall–Kier alpha value is -3.60. The van der Waals surface area contributed by atoms with E-state index in [0.717, 1.165) is 34.4 Å². The van der Waals surface area contributed by atoms with Crippen molar-refractivity contribution in [1.29, 1.82) is 0 Å². The molecule has 0 aromatic heterocycles. The number of amides is 2. The molecule has 1 N–H and O–H groups in total. The van der Waals surface area contributed by atoms with Crippen LogP contribution in [0, 0.1) is 6.92 Å². The lowest BCUT2D eigenvalue weighted by Crippen LogP contribution is -2.51.